The zero-order valence-corrected chi connectivity index (χ0v) is 5.99. The van der Waals surface area contributed by atoms with Gasteiger partial charge in [0.05, 0.1) is 10.6 Å². The molecule has 0 fully saturated rings. The third kappa shape index (κ3) is 1.69. The summed E-state index contributed by atoms with van der Waals surface area (Å²) >= 11 is 6.98. The van der Waals surface area contributed by atoms with E-state index >= 15 is 0 Å². The normalized spacial score (nSPS) is 10.8. The van der Waals surface area contributed by atoms with Gasteiger partial charge in [-0.15, -0.1) is 11.3 Å². The molecular formula is C5H4ClNOS. The first-order valence-corrected chi connectivity index (χ1v) is 3.50. The molecule has 1 N–H and O–H groups in total. The van der Waals surface area contributed by atoms with Crippen LogP contribution in [0.4, 0.5) is 0 Å². The summed E-state index contributed by atoms with van der Waals surface area (Å²) < 4.78 is 0.699. The molecule has 0 saturated heterocycles. The average Bonchev–Trinajstić information content (AvgIpc) is 2.17. The predicted octanol–water partition coefficient (Wildman–Crippen LogP) is 2.21. The van der Waals surface area contributed by atoms with Crippen molar-refractivity contribution in [1.82, 2.24) is 0 Å². The first kappa shape index (κ1) is 6.58. The van der Waals surface area contributed by atoms with Gasteiger partial charge in [0.15, 0.2) is 0 Å². The third-order valence-electron chi connectivity index (χ3n) is 0.795. The number of halogens is 1. The molecular weight excluding hydrogens is 158 g/mol. The van der Waals surface area contributed by atoms with Gasteiger partial charge in [0.2, 0.25) is 0 Å². The summed E-state index contributed by atoms with van der Waals surface area (Å²) in [4.78, 5) is 0. The summed E-state index contributed by atoms with van der Waals surface area (Å²) in [5.41, 5.74) is 0.826. The van der Waals surface area contributed by atoms with Gasteiger partial charge in [0, 0.05) is 10.9 Å². The van der Waals surface area contributed by atoms with Crippen molar-refractivity contribution in [3.63, 3.8) is 0 Å². The monoisotopic (exact) mass is 161 g/mol. The summed E-state index contributed by atoms with van der Waals surface area (Å²) in [7, 11) is 0. The number of hydrogen-bond acceptors (Lipinski definition) is 3. The van der Waals surface area contributed by atoms with Gasteiger partial charge in [-0.2, -0.15) is 0 Å². The maximum Gasteiger partial charge on any atom is 0.0935 e. The molecule has 1 aromatic rings. The molecule has 0 radical (unpaired) electrons. The van der Waals surface area contributed by atoms with Crippen molar-refractivity contribution in [2.24, 2.45) is 5.16 Å². The summed E-state index contributed by atoms with van der Waals surface area (Å²) in [6.45, 7) is 0. The first-order chi connectivity index (χ1) is 4.33. The van der Waals surface area contributed by atoms with Crippen molar-refractivity contribution in [2.75, 3.05) is 0 Å². The molecule has 1 rings (SSSR count). The van der Waals surface area contributed by atoms with Crippen LogP contribution in [0.1, 0.15) is 5.56 Å². The SMILES string of the molecule is O/N=C/c1csc(Cl)c1. The first-order valence-electron chi connectivity index (χ1n) is 2.24. The molecule has 0 spiro atoms. The summed E-state index contributed by atoms with van der Waals surface area (Å²) in [5, 5.41) is 12.7. The molecule has 48 valence electrons. The number of hydrogen-bond donors (Lipinski definition) is 1. The molecule has 0 aliphatic rings. The van der Waals surface area contributed by atoms with E-state index in [1.807, 2.05) is 5.38 Å². The molecule has 0 saturated carbocycles. The average molecular weight is 162 g/mol. The lowest BCUT2D eigenvalue weighted by Crippen LogP contribution is -1.70. The number of oxime groups is 1. The second kappa shape index (κ2) is 2.85. The molecule has 0 aliphatic heterocycles. The highest BCUT2D eigenvalue weighted by atomic mass is 35.5. The molecule has 0 atom stereocenters. The van der Waals surface area contributed by atoms with Crippen molar-refractivity contribution in [2.45, 2.75) is 0 Å². The smallest absolute Gasteiger partial charge is 0.0935 e. The van der Waals surface area contributed by atoms with Crippen molar-refractivity contribution in [3.8, 4) is 0 Å². The van der Waals surface area contributed by atoms with Gasteiger partial charge in [-0.25, -0.2) is 0 Å². The van der Waals surface area contributed by atoms with Gasteiger partial charge in [0.1, 0.15) is 0 Å². The quantitative estimate of drug-likeness (QED) is 0.382. The zero-order chi connectivity index (χ0) is 6.69. The van der Waals surface area contributed by atoms with Gasteiger partial charge in [-0.1, -0.05) is 16.8 Å². The molecule has 1 heterocycles. The Balaban J connectivity index is 2.85. The van der Waals surface area contributed by atoms with Crippen LogP contribution < -0.4 is 0 Å². The molecule has 0 aliphatic carbocycles. The molecule has 1 aromatic heterocycles. The van der Waals surface area contributed by atoms with Gasteiger partial charge >= 0.3 is 0 Å². The lowest BCUT2D eigenvalue weighted by Gasteiger charge is -1.74. The van der Waals surface area contributed by atoms with E-state index in [2.05, 4.69) is 5.16 Å². The van der Waals surface area contributed by atoms with Crippen molar-refractivity contribution < 1.29 is 5.21 Å². The van der Waals surface area contributed by atoms with E-state index in [9.17, 15) is 0 Å². The summed E-state index contributed by atoms with van der Waals surface area (Å²) in [6.07, 6.45) is 1.34. The lowest BCUT2D eigenvalue weighted by atomic mass is 10.4. The minimum absolute atomic E-state index is 0.699. The van der Waals surface area contributed by atoms with E-state index in [0.29, 0.717) is 4.34 Å². The van der Waals surface area contributed by atoms with Gasteiger partial charge in [-0.3, -0.25) is 0 Å². The Morgan fingerprint density at radius 3 is 3.00 bits per heavy atom. The topological polar surface area (TPSA) is 32.6 Å². The van der Waals surface area contributed by atoms with Crippen LogP contribution in [0.5, 0.6) is 0 Å². The van der Waals surface area contributed by atoms with Gasteiger partial charge in [0.25, 0.3) is 0 Å². The number of thiophene rings is 1. The lowest BCUT2D eigenvalue weighted by molar-refractivity contribution is 0.322. The predicted molar refractivity (Wildman–Crippen MR) is 38.7 cm³/mol. The van der Waals surface area contributed by atoms with E-state index in [4.69, 9.17) is 16.8 Å². The fraction of sp³-hybridized carbons (Fsp3) is 0. The van der Waals surface area contributed by atoms with Gasteiger partial charge < -0.3 is 5.21 Å². The third-order valence-corrected chi connectivity index (χ3v) is 1.90. The fourth-order valence-electron chi connectivity index (χ4n) is 0.458. The Morgan fingerprint density at radius 2 is 2.56 bits per heavy atom. The fourth-order valence-corrected chi connectivity index (χ4v) is 1.30. The minimum Gasteiger partial charge on any atom is -0.411 e. The second-order valence-electron chi connectivity index (χ2n) is 1.43. The highest BCUT2D eigenvalue weighted by Crippen LogP contribution is 2.18. The molecule has 2 nitrogen and oxygen atoms in total. The largest absolute Gasteiger partial charge is 0.411 e. The highest BCUT2D eigenvalue weighted by Gasteiger charge is 1.91. The highest BCUT2D eigenvalue weighted by molar-refractivity contribution is 7.14. The van der Waals surface area contributed by atoms with Gasteiger partial charge in [-0.05, 0) is 6.07 Å². The van der Waals surface area contributed by atoms with Crippen LogP contribution in [0.25, 0.3) is 0 Å². The molecule has 0 bridgehead atoms. The molecule has 0 unspecified atom stereocenters. The second-order valence-corrected chi connectivity index (χ2v) is 2.97. The van der Waals surface area contributed by atoms with E-state index in [1.165, 1.54) is 17.6 Å². The summed E-state index contributed by atoms with van der Waals surface area (Å²) in [5.74, 6) is 0. The van der Waals surface area contributed by atoms with Crippen LogP contribution in [0, 0.1) is 0 Å². The van der Waals surface area contributed by atoms with Crippen LogP contribution in [0.15, 0.2) is 16.6 Å². The van der Waals surface area contributed by atoms with E-state index in [0.717, 1.165) is 5.56 Å². The van der Waals surface area contributed by atoms with Crippen molar-refractivity contribution in [1.29, 1.82) is 0 Å². The Morgan fingerprint density at radius 1 is 1.78 bits per heavy atom. The van der Waals surface area contributed by atoms with Crippen LogP contribution in [-0.4, -0.2) is 11.4 Å². The Kier molecular flexibility index (Phi) is 2.08. The number of rotatable bonds is 1. The van der Waals surface area contributed by atoms with E-state index in [-0.39, 0.29) is 0 Å². The minimum atomic E-state index is 0.699. The van der Waals surface area contributed by atoms with Crippen LogP contribution in [-0.2, 0) is 0 Å². The Bertz CT molecular complexity index is 220. The zero-order valence-electron chi connectivity index (χ0n) is 4.41. The molecule has 0 amide bonds. The van der Waals surface area contributed by atoms with Crippen molar-refractivity contribution >= 4 is 29.2 Å². The number of nitrogens with zero attached hydrogens (tertiary/aromatic N) is 1. The van der Waals surface area contributed by atoms with Crippen molar-refractivity contribution in [3.05, 3.63) is 21.3 Å². The van der Waals surface area contributed by atoms with Crippen LogP contribution in [0.3, 0.4) is 0 Å². The molecule has 4 heteroatoms. The maximum absolute atomic E-state index is 8.06. The van der Waals surface area contributed by atoms with Crippen LogP contribution >= 0.6 is 22.9 Å². The maximum atomic E-state index is 8.06. The molecule has 0 aromatic carbocycles. The molecule has 9 heavy (non-hydrogen) atoms. The standard InChI is InChI=1S/C5H4ClNOS/c6-5-1-4(2-7-8)3-9-5/h1-3,8H/b7-2+. The summed E-state index contributed by atoms with van der Waals surface area (Å²) in [6, 6.07) is 1.73. The van der Waals surface area contributed by atoms with E-state index < -0.39 is 0 Å². The van der Waals surface area contributed by atoms with Crippen LogP contribution in [0.2, 0.25) is 4.34 Å². The van der Waals surface area contributed by atoms with E-state index in [1.54, 1.807) is 6.07 Å². The Labute approximate surface area is 61.4 Å². The Hall–Kier alpha value is -0.540.